The number of fused-ring (bicyclic) bond motifs is 2. The monoisotopic (exact) mass is 451 g/mol. The maximum absolute atomic E-state index is 14.2. The normalized spacial score (nSPS) is 11.4. The van der Waals surface area contributed by atoms with Crippen molar-refractivity contribution in [2.75, 3.05) is 7.11 Å². The van der Waals surface area contributed by atoms with Crippen LogP contribution in [0.2, 0.25) is 0 Å². The smallest absolute Gasteiger partial charge is 0.138 e. The van der Waals surface area contributed by atoms with Gasteiger partial charge < -0.3 is 14.8 Å². The van der Waals surface area contributed by atoms with Gasteiger partial charge in [0.15, 0.2) is 0 Å². The average molecular weight is 451 g/mol. The number of halogens is 1. The second kappa shape index (κ2) is 7.70. The summed E-state index contributed by atoms with van der Waals surface area (Å²) in [4.78, 5) is 11.9. The van der Waals surface area contributed by atoms with Gasteiger partial charge in [-0.15, -0.1) is 0 Å². The zero-order valence-electron chi connectivity index (χ0n) is 18.0. The molecule has 0 spiro atoms. The number of pyridine rings is 2. The molecule has 0 radical (unpaired) electrons. The molecule has 4 aromatic heterocycles. The van der Waals surface area contributed by atoms with Crippen LogP contribution < -0.4 is 4.74 Å². The van der Waals surface area contributed by atoms with Gasteiger partial charge in [0.1, 0.15) is 28.7 Å². The van der Waals surface area contributed by atoms with E-state index in [1.54, 1.807) is 24.5 Å². The molecule has 0 fully saturated rings. The standard InChI is InChI=1S/C26H18FN5O2/c1-34-19-8-15(6-17(27)10-19)20-4-5-29-26-21(20)11-24(30-26)25-22-9-14(2-3-23(22)31-32-25)16-7-18(33)13-28-12-16/h2-13,33H,1H3,(H,29,30)(H,31,32). The zero-order chi connectivity index (χ0) is 23.2. The Morgan fingerprint density at radius 3 is 2.68 bits per heavy atom. The molecule has 3 N–H and O–H groups in total. The predicted molar refractivity (Wildman–Crippen MR) is 128 cm³/mol. The lowest BCUT2D eigenvalue weighted by molar-refractivity contribution is 0.411. The van der Waals surface area contributed by atoms with Crippen molar-refractivity contribution in [3.05, 3.63) is 79.0 Å². The second-order valence-corrected chi connectivity index (χ2v) is 7.95. The molecule has 0 aliphatic rings. The van der Waals surface area contributed by atoms with E-state index >= 15 is 0 Å². The molecule has 2 aromatic carbocycles. The first kappa shape index (κ1) is 19.9. The molecule has 34 heavy (non-hydrogen) atoms. The largest absolute Gasteiger partial charge is 0.506 e. The van der Waals surface area contributed by atoms with Gasteiger partial charge in [0, 0.05) is 34.8 Å². The molecule has 6 aromatic rings. The first-order valence-electron chi connectivity index (χ1n) is 10.5. The number of ether oxygens (including phenoxy) is 1. The number of methoxy groups -OCH3 is 1. The van der Waals surface area contributed by atoms with Crippen molar-refractivity contribution < 1.29 is 14.2 Å². The first-order chi connectivity index (χ1) is 16.6. The van der Waals surface area contributed by atoms with Crippen molar-refractivity contribution in [3.8, 4) is 45.1 Å². The highest BCUT2D eigenvalue weighted by Crippen LogP contribution is 2.36. The third-order valence-electron chi connectivity index (χ3n) is 5.82. The van der Waals surface area contributed by atoms with E-state index in [2.05, 4.69) is 25.1 Å². The predicted octanol–water partition coefficient (Wildman–Crippen LogP) is 5.69. The number of nitrogens with one attached hydrogen (secondary N) is 2. The minimum Gasteiger partial charge on any atom is -0.506 e. The van der Waals surface area contributed by atoms with Gasteiger partial charge in [-0.25, -0.2) is 9.37 Å². The van der Waals surface area contributed by atoms with Gasteiger partial charge in [-0.05, 0) is 59.2 Å². The summed E-state index contributed by atoms with van der Waals surface area (Å²) in [6.07, 6.45) is 4.78. The Morgan fingerprint density at radius 2 is 1.82 bits per heavy atom. The van der Waals surface area contributed by atoms with Crippen molar-refractivity contribution in [3.63, 3.8) is 0 Å². The van der Waals surface area contributed by atoms with E-state index < -0.39 is 0 Å². The summed E-state index contributed by atoms with van der Waals surface area (Å²) >= 11 is 0. The fourth-order valence-electron chi connectivity index (χ4n) is 4.23. The number of aromatic nitrogens is 5. The summed E-state index contributed by atoms with van der Waals surface area (Å²) in [5.74, 6) is 0.179. The number of H-pyrrole nitrogens is 2. The van der Waals surface area contributed by atoms with Crippen molar-refractivity contribution in [1.29, 1.82) is 0 Å². The lowest BCUT2D eigenvalue weighted by atomic mass is 10.0. The number of rotatable bonds is 4. The lowest BCUT2D eigenvalue weighted by Gasteiger charge is -2.06. The highest BCUT2D eigenvalue weighted by molar-refractivity contribution is 6.00. The molecule has 0 aliphatic heterocycles. The topological polar surface area (TPSA) is 99.7 Å². The third kappa shape index (κ3) is 3.32. The summed E-state index contributed by atoms with van der Waals surface area (Å²) in [6.45, 7) is 0. The Balaban J connectivity index is 1.50. The van der Waals surface area contributed by atoms with Crippen LogP contribution in [0.25, 0.3) is 55.6 Å². The van der Waals surface area contributed by atoms with Gasteiger partial charge in [-0.1, -0.05) is 6.07 Å². The van der Waals surface area contributed by atoms with Gasteiger partial charge in [0.2, 0.25) is 0 Å². The van der Waals surface area contributed by atoms with Crippen LogP contribution in [0, 0.1) is 5.82 Å². The Labute approximate surface area is 192 Å². The van der Waals surface area contributed by atoms with Gasteiger partial charge in [0.25, 0.3) is 0 Å². The van der Waals surface area contributed by atoms with Crippen LogP contribution in [-0.4, -0.2) is 37.4 Å². The van der Waals surface area contributed by atoms with Gasteiger partial charge in [-0.3, -0.25) is 10.1 Å². The minimum absolute atomic E-state index is 0.105. The number of benzene rings is 2. The molecule has 0 amide bonds. The molecular weight excluding hydrogens is 433 g/mol. The molecule has 0 saturated carbocycles. The summed E-state index contributed by atoms with van der Waals surface area (Å²) < 4.78 is 19.4. The molecular formula is C26H18FN5O2. The molecule has 0 bridgehead atoms. The number of aromatic amines is 2. The first-order valence-corrected chi connectivity index (χ1v) is 10.5. The molecule has 6 rings (SSSR count). The van der Waals surface area contributed by atoms with Crippen molar-refractivity contribution in [1.82, 2.24) is 25.1 Å². The van der Waals surface area contributed by atoms with E-state index in [4.69, 9.17) is 4.74 Å². The molecule has 0 unspecified atom stereocenters. The Morgan fingerprint density at radius 1 is 0.912 bits per heavy atom. The molecule has 7 nitrogen and oxygen atoms in total. The highest BCUT2D eigenvalue weighted by atomic mass is 19.1. The number of hydrogen-bond donors (Lipinski definition) is 3. The summed E-state index contributed by atoms with van der Waals surface area (Å²) in [7, 11) is 1.51. The van der Waals surface area contributed by atoms with Crippen LogP contribution in [-0.2, 0) is 0 Å². The summed E-state index contributed by atoms with van der Waals surface area (Å²) in [5.41, 5.74) is 6.27. The van der Waals surface area contributed by atoms with Crippen molar-refractivity contribution in [2.24, 2.45) is 0 Å². The van der Waals surface area contributed by atoms with Crippen LogP contribution in [0.1, 0.15) is 0 Å². The molecule has 8 heteroatoms. The molecule has 0 atom stereocenters. The van der Waals surface area contributed by atoms with Crippen LogP contribution >= 0.6 is 0 Å². The highest BCUT2D eigenvalue weighted by Gasteiger charge is 2.16. The second-order valence-electron chi connectivity index (χ2n) is 7.95. The van der Waals surface area contributed by atoms with E-state index in [1.165, 1.54) is 25.4 Å². The zero-order valence-corrected chi connectivity index (χ0v) is 18.0. The van der Waals surface area contributed by atoms with E-state index in [9.17, 15) is 9.50 Å². The third-order valence-corrected chi connectivity index (χ3v) is 5.82. The van der Waals surface area contributed by atoms with Crippen LogP contribution in [0.4, 0.5) is 4.39 Å². The Kier molecular flexibility index (Phi) is 4.51. The van der Waals surface area contributed by atoms with Crippen LogP contribution in [0.15, 0.2) is 73.2 Å². The SMILES string of the molecule is COc1cc(F)cc(-c2ccnc3[nH]c(-c4n[nH]c5ccc(-c6cncc(O)c6)cc45)cc23)c1. The van der Waals surface area contributed by atoms with E-state index in [-0.39, 0.29) is 11.6 Å². The summed E-state index contributed by atoms with van der Waals surface area (Å²) in [5, 5.41) is 19.1. The number of hydrogen-bond acceptors (Lipinski definition) is 5. The van der Waals surface area contributed by atoms with Crippen molar-refractivity contribution >= 4 is 21.9 Å². The Hall–Kier alpha value is -4.72. The lowest BCUT2D eigenvalue weighted by Crippen LogP contribution is -1.88. The quantitative estimate of drug-likeness (QED) is 0.320. The Bertz CT molecular complexity index is 1690. The maximum Gasteiger partial charge on any atom is 0.138 e. The van der Waals surface area contributed by atoms with E-state index in [0.29, 0.717) is 17.0 Å². The molecule has 4 heterocycles. The number of aromatic hydroxyl groups is 1. The molecule has 0 saturated heterocycles. The van der Waals surface area contributed by atoms with E-state index in [0.717, 1.165) is 44.4 Å². The van der Waals surface area contributed by atoms with Crippen LogP contribution in [0.3, 0.4) is 0 Å². The molecule has 0 aliphatic carbocycles. The fraction of sp³-hybridized carbons (Fsp3) is 0.0385. The molecule has 166 valence electrons. The van der Waals surface area contributed by atoms with Gasteiger partial charge in [0.05, 0.1) is 24.5 Å². The van der Waals surface area contributed by atoms with Gasteiger partial charge in [-0.2, -0.15) is 5.10 Å². The van der Waals surface area contributed by atoms with Crippen molar-refractivity contribution in [2.45, 2.75) is 0 Å². The average Bonchev–Trinajstić information content (AvgIpc) is 3.47. The minimum atomic E-state index is -0.373. The van der Waals surface area contributed by atoms with Crippen LogP contribution in [0.5, 0.6) is 11.5 Å². The number of nitrogens with zero attached hydrogens (tertiary/aromatic N) is 3. The summed E-state index contributed by atoms with van der Waals surface area (Å²) in [6, 6.07) is 16.0. The fourth-order valence-corrected chi connectivity index (χ4v) is 4.23. The van der Waals surface area contributed by atoms with Gasteiger partial charge >= 0.3 is 0 Å². The van der Waals surface area contributed by atoms with E-state index in [1.807, 2.05) is 30.3 Å². The maximum atomic E-state index is 14.2.